The molecule has 190 valence electrons. The molecule has 1 unspecified atom stereocenters. The second-order valence-electron chi connectivity index (χ2n) is 11.0. The number of benzene rings is 2. The van der Waals surface area contributed by atoms with Crippen LogP contribution in [0.5, 0.6) is 5.75 Å². The molecule has 0 aliphatic carbocycles. The molecular formula is C31H42O4. The first-order valence-electron chi connectivity index (χ1n) is 13.3. The molecule has 2 aliphatic heterocycles. The molecule has 1 fully saturated rings. The summed E-state index contributed by atoms with van der Waals surface area (Å²) in [6, 6.07) is 15.2. The molecule has 1 atom stereocenters. The molecule has 2 aliphatic rings. The highest BCUT2D eigenvalue weighted by atomic mass is 16.7. The predicted octanol–water partition coefficient (Wildman–Crippen LogP) is 7.93. The smallest absolute Gasteiger partial charge is 0.205 e. The fourth-order valence-corrected chi connectivity index (χ4v) is 4.72. The number of rotatable bonds is 10. The van der Waals surface area contributed by atoms with E-state index in [4.69, 9.17) is 18.9 Å². The van der Waals surface area contributed by atoms with Gasteiger partial charge in [-0.25, -0.2) is 0 Å². The van der Waals surface area contributed by atoms with Crippen molar-refractivity contribution in [3.8, 4) is 5.75 Å². The highest BCUT2D eigenvalue weighted by Crippen LogP contribution is 2.32. The lowest BCUT2D eigenvalue weighted by molar-refractivity contribution is -0.217. The molecule has 0 radical (unpaired) electrons. The first-order chi connectivity index (χ1) is 16.8. The van der Waals surface area contributed by atoms with Gasteiger partial charge in [-0.15, -0.1) is 0 Å². The van der Waals surface area contributed by atoms with Gasteiger partial charge in [0, 0.05) is 26.0 Å². The second-order valence-corrected chi connectivity index (χ2v) is 11.0. The van der Waals surface area contributed by atoms with Gasteiger partial charge in [0.1, 0.15) is 5.75 Å². The molecule has 35 heavy (non-hydrogen) atoms. The summed E-state index contributed by atoms with van der Waals surface area (Å²) in [6.07, 6.45) is 13.5. The monoisotopic (exact) mass is 478 g/mol. The summed E-state index contributed by atoms with van der Waals surface area (Å²) in [6.45, 7) is 9.70. The minimum absolute atomic E-state index is 0.00555. The third-order valence-electron chi connectivity index (χ3n) is 6.80. The van der Waals surface area contributed by atoms with Crippen molar-refractivity contribution in [2.75, 3.05) is 6.61 Å². The molecule has 2 heterocycles. The lowest BCUT2D eigenvalue weighted by Gasteiger charge is -2.32. The molecule has 2 aromatic rings. The normalized spacial score (nSPS) is 19.9. The van der Waals surface area contributed by atoms with Crippen LogP contribution in [0, 0.1) is 0 Å². The lowest BCUT2D eigenvalue weighted by atomic mass is 9.98. The van der Waals surface area contributed by atoms with Crippen LogP contribution in [-0.2, 0) is 27.2 Å². The van der Waals surface area contributed by atoms with Crippen molar-refractivity contribution >= 4 is 12.2 Å². The Bertz CT molecular complexity index is 968. The zero-order valence-electron chi connectivity index (χ0n) is 22.0. The van der Waals surface area contributed by atoms with E-state index in [0.717, 1.165) is 49.2 Å². The van der Waals surface area contributed by atoms with Gasteiger partial charge in [0.05, 0.1) is 12.2 Å². The number of hydrogen-bond acceptors (Lipinski definition) is 4. The molecular weight excluding hydrogens is 436 g/mol. The number of unbranched alkanes of at least 4 members (excludes halogenated alkanes) is 2. The quantitative estimate of drug-likeness (QED) is 0.257. The van der Waals surface area contributed by atoms with E-state index in [1.54, 1.807) is 0 Å². The van der Waals surface area contributed by atoms with Crippen LogP contribution >= 0.6 is 0 Å². The molecule has 1 saturated heterocycles. The van der Waals surface area contributed by atoms with E-state index in [1.807, 2.05) is 19.9 Å². The van der Waals surface area contributed by atoms with Crippen LogP contribution in [0.15, 0.2) is 42.5 Å². The van der Waals surface area contributed by atoms with E-state index in [9.17, 15) is 0 Å². The average Bonchev–Trinajstić information content (AvgIpc) is 2.83. The molecule has 0 N–H and O–H groups in total. The summed E-state index contributed by atoms with van der Waals surface area (Å²) in [5.41, 5.74) is 4.76. The third kappa shape index (κ3) is 8.20. The van der Waals surface area contributed by atoms with Gasteiger partial charge in [-0.2, -0.15) is 0 Å². The maximum atomic E-state index is 6.21. The summed E-state index contributed by atoms with van der Waals surface area (Å²) in [4.78, 5) is 0. The first kappa shape index (κ1) is 25.9. The largest absolute Gasteiger partial charge is 0.463 e. The topological polar surface area (TPSA) is 36.9 Å². The fourth-order valence-electron chi connectivity index (χ4n) is 4.72. The van der Waals surface area contributed by atoms with E-state index in [1.165, 1.54) is 36.8 Å². The van der Waals surface area contributed by atoms with Gasteiger partial charge < -0.3 is 18.9 Å². The predicted molar refractivity (Wildman–Crippen MR) is 142 cm³/mol. The van der Waals surface area contributed by atoms with E-state index in [2.05, 4.69) is 62.4 Å². The Labute approximate surface area is 211 Å². The van der Waals surface area contributed by atoms with Crippen molar-refractivity contribution < 1.29 is 18.9 Å². The Balaban J connectivity index is 1.18. The minimum Gasteiger partial charge on any atom is -0.463 e. The van der Waals surface area contributed by atoms with E-state index < -0.39 is 5.79 Å². The molecule has 4 rings (SSSR count). The Hall–Kier alpha value is -2.14. The van der Waals surface area contributed by atoms with E-state index >= 15 is 0 Å². The SMILES string of the molecule is CC(C)(CCCCCc1ccc(C=Cc2ccc3c(c2)COC(C)(C)O3)cc1)OC1CCCCO1. The van der Waals surface area contributed by atoms with Gasteiger partial charge in [0.2, 0.25) is 5.79 Å². The van der Waals surface area contributed by atoms with Crippen molar-refractivity contribution in [1.29, 1.82) is 0 Å². The standard InChI is InChI=1S/C31H42O4/c1-30(2,35-29-11-7-9-21-32-29)20-8-5-6-10-24-12-14-25(15-13-24)16-17-26-18-19-28-27(22-26)23-33-31(3,4)34-28/h12-19,22,29H,5-11,20-21,23H2,1-4H3. The highest BCUT2D eigenvalue weighted by molar-refractivity contribution is 5.70. The van der Waals surface area contributed by atoms with Gasteiger partial charge in [-0.3, -0.25) is 0 Å². The molecule has 4 heteroatoms. The van der Waals surface area contributed by atoms with Crippen LogP contribution in [0.4, 0.5) is 0 Å². The fraction of sp³-hybridized carbons (Fsp3) is 0.548. The van der Waals surface area contributed by atoms with Crippen molar-refractivity contribution in [2.24, 2.45) is 0 Å². The van der Waals surface area contributed by atoms with Crippen LogP contribution in [0.2, 0.25) is 0 Å². The summed E-state index contributed by atoms with van der Waals surface area (Å²) in [5.74, 6) is 0.359. The summed E-state index contributed by atoms with van der Waals surface area (Å²) in [5, 5.41) is 0. The first-order valence-corrected chi connectivity index (χ1v) is 13.3. The Morgan fingerprint density at radius 3 is 2.51 bits per heavy atom. The molecule has 0 bridgehead atoms. The van der Waals surface area contributed by atoms with Gasteiger partial charge in [-0.05, 0) is 81.2 Å². The van der Waals surface area contributed by atoms with Crippen molar-refractivity contribution in [2.45, 2.75) is 103 Å². The van der Waals surface area contributed by atoms with Crippen molar-refractivity contribution in [3.05, 3.63) is 64.7 Å². The summed E-state index contributed by atoms with van der Waals surface area (Å²) >= 11 is 0. The minimum atomic E-state index is -0.555. The molecule has 0 saturated carbocycles. The maximum Gasteiger partial charge on any atom is 0.205 e. The van der Waals surface area contributed by atoms with Crippen LogP contribution < -0.4 is 4.74 Å². The highest BCUT2D eigenvalue weighted by Gasteiger charge is 2.27. The molecule has 0 aromatic heterocycles. The van der Waals surface area contributed by atoms with E-state index in [0.29, 0.717) is 6.61 Å². The molecule has 2 aromatic carbocycles. The molecule has 0 spiro atoms. The Kier molecular flexibility index (Phi) is 8.69. The average molecular weight is 479 g/mol. The number of hydrogen-bond donors (Lipinski definition) is 0. The molecule has 0 amide bonds. The Morgan fingerprint density at radius 1 is 0.971 bits per heavy atom. The van der Waals surface area contributed by atoms with Gasteiger partial charge >= 0.3 is 0 Å². The zero-order chi connectivity index (χ0) is 24.7. The van der Waals surface area contributed by atoms with E-state index in [-0.39, 0.29) is 11.9 Å². The number of fused-ring (bicyclic) bond motifs is 1. The molecule has 4 nitrogen and oxygen atoms in total. The summed E-state index contributed by atoms with van der Waals surface area (Å²) in [7, 11) is 0. The van der Waals surface area contributed by atoms with Gasteiger partial charge in [0.15, 0.2) is 6.29 Å². The van der Waals surface area contributed by atoms with Crippen LogP contribution in [0.25, 0.3) is 12.2 Å². The van der Waals surface area contributed by atoms with Crippen LogP contribution in [0.1, 0.15) is 94.9 Å². The Morgan fingerprint density at radius 2 is 1.74 bits per heavy atom. The second kappa shape index (κ2) is 11.7. The van der Waals surface area contributed by atoms with Crippen LogP contribution in [-0.4, -0.2) is 24.3 Å². The van der Waals surface area contributed by atoms with Gasteiger partial charge in [-0.1, -0.05) is 55.3 Å². The van der Waals surface area contributed by atoms with Crippen molar-refractivity contribution in [3.63, 3.8) is 0 Å². The number of ether oxygens (including phenoxy) is 4. The lowest BCUT2D eigenvalue weighted by Crippen LogP contribution is -2.35. The van der Waals surface area contributed by atoms with Crippen molar-refractivity contribution in [1.82, 2.24) is 0 Å². The third-order valence-corrected chi connectivity index (χ3v) is 6.80. The summed E-state index contributed by atoms with van der Waals surface area (Å²) < 4.78 is 23.6. The van der Waals surface area contributed by atoms with Gasteiger partial charge in [0.25, 0.3) is 0 Å². The van der Waals surface area contributed by atoms with Crippen LogP contribution in [0.3, 0.4) is 0 Å². The maximum absolute atomic E-state index is 6.21. The number of aryl methyl sites for hydroxylation is 1. The zero-order valence-corrected chi connectivity index (χ0v) is 22.0.